The summed E-state index contributed by atoms with van der Waals surface area (Å²) in [5.74, 6) is -1.46. The maximum Gasteiger partial charge on any atom is 0.320 e. The highest BCUT2D eigenvalue weighted by Gasteiger charge is 2.18. The quantitative estimate of drug-likeness (QED) is 0.633. The minimum Gasteiger partial charge on any atom is -0.481 e. The molecule has 0 aliphatic rings. The molecule has 0 aliphatic carbocycles. The number of nitrogens with one attached hydrogen (secondary N) is 1. The van der Waals surface area contributed by atoms with Crippen LogP contribution in [0.15, 0.2) is 22.8 Å². The zero-order valence-electron chi connectivity index (χ0n) is 8.55. The van der Waals surface area contributed by atoms with Gasteiger partial charge in [0.05, 0.1) is 12.8 Å². The van der Waals surface area contributed by atoms with Crippen molar-refractivity contribution in [3.05, 3.63) is 24.2 Å². The molecule has 6 heteroatoms. The molecule has 16 heavy (non-hydrogen) atoms. The molecule has 0 saturated heterocycles. The SMILES string of the molecule is O=C(O)CCC(NCc1ccco1)C(=O)O. The van der Waals surface area contributed by atoms with Crippen molar-refractivity contribution in [1.29, 1.82) is 0 Å². The minimum atomic E-state index is -1.06. The average molecular weight is 227 g/mol. The van der Waals surface area contributed by atoms with E-state index in [0.717, 1.165) is 0 Å². The van der Waals surface area contributed by atoms with Crippen LogP contribution in [0.3, 0.4) is 0 Å². The van der Waals surface area contributed by atoms with E-state index in [4.69, 9.17) is 14.6 Å². The van der Waals surface area contributed by atoms with Crippen molar-refractivity contribution in [3.63, 3.8) is 0 Å². The number of carbonyl (C=O) groups is 2. The third-order valence-electron chi connectivity index (χ3n) is 2.05. The van der Waals surface area contributed by atoms with Gasteiger partial charge in [0.15, 0.2) is 0 Å². The molecule has 1 aromatic heterocycles. The van der Waals surface area contributed by atoms with Crippen molar-refractivity contribution in [3.8, 4) is 0 Å². The summed E-state index contributed by atoms with van der Waals surface area (Å²) in [6, 6.07) is 2.54. The van der Waals surface area contributed by atoms with Crippen LogP contribution >= 0.6 is 0 Å². The lowest BCUT2D eigenvalue weighted by molar-refractivity contribution is -0.140. The van der Waals surface area contributed by atoms with Crippen LogP contribution in [0.5, 0.6) is 0 Å². The molecular formula is C10H13NO5. The summed E-state index contributed by atoms with van der Waals surface area (Å²) in [6.45, 7) is 0.267. The number of rotatable bonds is 7. The van der Waals surface area contributed by atoms with Crippen LogP contribution in [0.2, 0.25) is 0 Å². The molecule has 0 amide bonds. The van der Waals surface area contributed by atoms with E-state index < -0.39 is 18.0 Å². The topological polar surface area (TPSA) is 99.8 Å². The Balaban J connectivity index is 2.39. The Morgan fingerprint density at radius 1 is 1.44 bits per heavy atom. The second kappa shape index (κ2) is 5.92. The van der Waals surface area contributed by atoms with Gasteiger partial charge in [0, 0.05) is 6.42 Å². The lowest BCUT2D eigenvalue weighted by Crippen LogP contribution is -2.36. The number of hydrogen-bond donors (Lipinski definition) is 3. The van der Waals surface area contributed by atoms with E-state index in [2.05, 4.69) is 5.32 Å². The third-order valence-corrected chi connectivity index (χ3v) is 2.05. The molecule has 1 aromatic rings. The Kier molecular flexibility index (Phi) is 4.53. The largest absolute Gasteiger partial charge is 0.481 e. The molecule has 3 N–H and O–H groups in total. The lowest BCUT2D eigenvalue weighted by Gasteiger charge is -2.11. The second-order valence-electron chi connectivity index (χ2n) is 3.28. The van der Waals surface area contributed by atoms with Gasteiger partial charge < -0.3 is 14.6 Å². The van der Waals surface area contributed by atoms with E-state index >= 15 is 0 Å². The first kappa shape index (κ1) is 12.3. The molecule has 0 aliphatic heterocycles. The molecule has 88 valence electrons. The van der Waals surface area contributed by atoms with Crippen LogP contribution < -0.4 is 5.32 Å². The predicted octanol–water partition coefficient (Wildman–Crippen LogP) is 0.687. The minimum absolute atomic E-state index is 0.0470. The number of furan rings is 1. The molecule has 1 rings (SSSR count). The van der Waals surface area contributed by atoms with Crippen molar-refractivity contribution in [2.75, 3.05) is 0 Å². The summed E-state index contributed by atoms with van der Waals surface area (Å²) < 4.78 is 5.02. The Morgan fingerprint density at radius 2 is 2.19 bits per heavy atom. The van der Waals surface area contributed by atoms with Gasteiger partial charge in [-0.05, 0) is 18.6 Å². The van der Waals surface area contributed by atoms with Gasteiger partial charge in [0.25, 0.3) is 0 Å². The molecule has 1 heterocycles. The second-order valence-corrected chi connectivity index (χ2v) is 3.28. The van der Waals surface area contributed by atoms with E-state index in [0.29, 0.717) is 5.76 Å². The van der Waals surface area contributed by atoms with Crippen LogP contribution in [0, 0.1) is 0 Å². The zero-order valence-corrected chi connectivity index (χ0v) is 8.55. The van der Waals surface area contributed by atoms with Gasteiger partial charge in [0.2, 0.25) is 0 Å². The third kappa shape index (κ3) is 4.14. The molecule has 0 aromatic carbocycles. The number of carboxylic acid groups (broad SMARTS) is 2. The normalized spacial score (nSPS) is 12.2. The maximum absolute atomic E-state index is 10.8. The monoisotopic (exact) mass is 227 g/mol. The molecule has 1 unspecified atom stereocenters. The molecule has 0 spiro atoms. The highest BCUT2D eigenvalue weighted by molar-refractivity contribution is 5.75. The molecule has 0 saturated carbocycles. The first-order valence-electron chi connectivity index (χ1n) is 4.80. The van der Waals surface area contributed by atoms with Gasteiger partial charge in [-0.25, -0.2) is 0 Å². The summed E-state index contributed by atoms with van der Waals surface area (Å²) in [7, 11) is 0. The molecule has 0 fully saturated rings. The van der Waals surface area contributed by atoms with Gasteiger partial charge in [-0.15, -0.1) is 0 Å². The highest BCUT2D eigenvalue weighted by Crippen LogP contribution is 2.03. The van der Waals surface area contributed by atoms with Crippen LogP contribution in [-0.2, 0) is 16.1 Å². The van der Waals surface area contributed by atoms with Crippen molar-refractivity contribution < 1.29 is 24.2 Å². The standard InChI is InChI=1S/C10H13NO5/c12-9(13)4-3-8(10(14)15)11-6-7-2-1-5-16-7/h1-2,5,8,11H,3-4,6H2,(H,12,13)(H,14,15). The van der Waals surface area contributed by atoms with Crippen molar-refractivity contribution in [2.24, 2.45) is 0 Å². The fraction of sp³-hybridized carbons (Fsp3) is 0.400. The maximum atomic E-state index is 10.8. The molecular weight excluding hydrogens is 214 g/mol. The zero-order chi connectivity index (χ0) is 12.0. The van der Waals surface area contributed by atoms with Crippen molar-refractivity contribution in [2.45, 2.75) is 25.4 Å². The number of hydrogen-bond acceptors (Lipinski definition) is 4. The van der Waals surface area contributed by atoms with E-state index in [1.807, 2.05) is 0 Å². The highest BCUT2D eigenvalue weighted by atomic mass is 16.4. The predicted molar refractivity (Wildman–Crippen MR) is 53.8 cm³/mol. The molecule has 0 radical (unpaired) electrons. The molecule has 1 atom stereocenters. The van der Waals surface area contributed by atoms with Gasteiger partial charge in [-0.2, -0.15) is 0 Å². The summed E-state index contributed by atoms with van der Waals surface area (Å²) >= 11 is 0. The summed E-state index contributed by atoms with van der Waals surface area (Å²) in [5.41, 5.74) is 0. The fourth-order valence-corrected chi connectivity index (χ4v) is 1.22. The summed E-state index contributed by atoms with van der Waals surface area (Å²) in [5, 5.41) is 20.0. The first-order chi connectivity index (χ1) is 7.59. The Morgan fingerprint density at radius 3 is 2.69 bits per heavy atom. The summed E-state index contributed by atoms with van der Waals surface area (Å²) in [4.78, 5) is 21.1. The van der Waals surface area contributed by atoms with E-state index in [9.17, 15) is 9.59 Å². The first-order valence-corrected chi connectivity index (χ1v) is 4.80. The number of aliphatic carboxylic acids is 2. The molecule has 0 bridgehead atoms. The Hall–Kier alpha value is -1.82. The van der Waals surface area contributed by atoms with Crippen LogP contribution in [-0.4, -0.2) is 28.2 Å². The molecule has 6 nitrogen and oxygen atoms in total. The average Bonchev–Trinajstić information content (AvgIpc) is 2.69. The lowest BCUT2D eigenvalue weighted by atomic mass is 10.1. The van der Waals surface area contributed by atoms with E-state index in [-0.39, 0.29) is 19.4 Å². The summed E-state index contributed by atoms with van der Waals surface area (Å²) in [6.07, 6.45) is 1.36. The Labute approximate surface area is 91.9 Å². The van der Waals surface area contributed by atoms with Gasteiger partial charge in [-0.3, -0.25) is 14.9 Å². The van der Waals surface area contributed by atoms with Crippen LogP contribution in [0.4, 0.5) is 0 Å². The van der Waals surface area contributed by atoms with Crippen molar-refractivity contribution in [1.82, 2.24) is 5.32 Å². The number of carboxylic acids is 2. The van der Waals surface area contributed by atoms with Gasteiger partial charge in [-0.1, -0.05) is 0 Å². The fourth-order valence-electron chi connectivity index (χ4n) is 1.22. The van der Waals surface area contributed by atoms with E-state index in [1.165, 1.54) is 6.26 Å². The Bertz CT molecular complexity index is 346. The van der Waals surface area contributed by atoms with Gasteiger partial charge in [0.1, 0.15) is 11.8 Å². The van der Waals surface area contributed by atoms with Crippen LogP contribution in [0.25, 0.3) is 0 Å². The smallest absolute Gasteiger partial charge is 0.320 e. The van der Waals surface area contributed by atoms with Gasteiger partial charge >= 0.3 is 11.9 Å². The van der Waals surface area contributed by atoms with E-state index in [1.54, 1.807) is 12.1 Å². The van der Waals surface area contributed by atoms with Crippen molar-refractivity contribution >= 4 is 11.9 Å². The van der Waals surface area contributed by atoms with Crippen LogP contribution in [0.1, 0.15) is 18.6 Å².